The highest BCUT2D eigenvalue weighted by atomic mass is 32.2. The highest BCUT2D eigenvalue weighted by molar-refractivity contribution is 8.09. The molecule has 0 saturated carbocycles. The average molecular weight is 763 g/mol. The third-order valence-corrected chi connectivity index (χ3v) is 11.9. The molecule has 6 aromatic carbocycles. The van der Waals surface area contributed by atoms with Crippen LogP contribution in [0.2, 0.25) is 0 Å². The minimum atomic E-state index is -0.0134. The van der Waals surface area contributed by atoms with E-state index in [0.29, 0.717) is 0 Å². The summed E-state index contributed by atoms with van der Waals surface area (Å²) < 4.78 is 0. The molecule has 0 radical (unpaired) electrons. The molecule has 8 rings (SSSR count). The minimum absolute atomic E-state index is 0.0134. The molecule has 1 aromatic heterocycles. The summed E-state index contributed by atoms with van der Waals surface area (Å²) in [5.41, 5.74) is 17.6. The number of hydrogen-bond donors (Lipinski definition) is 1. The molecular weight excluding hydrogens is 721 g/mol. The lowest BCUT2D eigenvalue weighted by Crippen LogP contribution is -2.26. The lowest BCUT2D eigenvalue weighted by atomic mass is 10.1. The van der Waals surface area contributed by atoms with Crippen LogP contribution in [0.1, 0.15) is 18.9 Å². The lowest BCUT2D eigenvalue weighted by molar-refractivity contribution is 0.962. The quantitative estimate of drug-likeness (QED) is 0.126. The fourth-order valence-corrected chi connectivity index (χ4v) is 9.23. The Bertz CT molecular complexity index is 2420. The third kappa shape index (κ3) is 8.18. The molecule has 1 atom stereocenters. The number of para-hydroxylation sites is 2. The maximum absolute atomic E-state index is 7.06. The van der Waals surface area contributed by atoms with Gasteiger partial charge in [0.15, 0.2) is 5.13 Å². The van der Waals surface area contributed by atoms with Crippen molar-refractivity contribution in [2.45, 2.75) is 18.7 Å². The van der Waals surface area contributed by atoms with Gasteiger partial charge in [-0.25, -0.2) is 4.98 Å². The second-order valence-corrected chi connectivity index (χ2v) is 15.6. The first-order valence-corrected chi connectivity index (χ1v) is 20.5. The Morgan fingerprint density at radius 2 is 1.12 bits per heavy atom. The van der Waals surface area contributed by atoms with Crippen molar-refractivity contribution in [3.63, 3.8) is 0 Å². The number of allylic oxidation sites excluding steroid dienone is 6. The summed E-state index contributed by atoms with van der Waals surface area (Å²) in [7, 11) is 0. The Morgan fingerprint density at radius 3 is 1.77 bits per heavy atom. The summed E-state index contributed by atoms with van der Waals surface area (Å²) >= 11 is 3.49. The van der Waals surface area contributed by atoms with Gasteiger partial charge in [-0.1, -0.05) is 181 Å². The number of nitrogens with two attached hydrogens (primary N) is 1. The minimum Gasteiger partial charge on any atom is -0.398 e. The summed E-state index contributed by atoms with van der Waals surface area (Å²) in [5.74, 6) is 0. The molecule has 0 saturated heterocycles. The SMILES string of the molecule is CC(S/C(=C(\N)C1=CC=CC=CC1)c1ccccc1)N(c1ccccc1)c1ccc(N(c2ccccc2)c2nc(-c3ccccc3)c(-c3ccccc3)s2)cc1. The Hall–Kier alpha value is -6.34. The van der Waals surface area contributed by atoms with E-state index in [2.05, 4.69) is 217 Å². The molecule has 1 heterocycles. The van der Waals surface area contributed by atoms with Crippen LogP contribution >= 0.6 is 23.1 Å². The van der Waals surface area contributed by atoms with Crippen molar-refractivity contribution >= 4 is 55.9 Å². The number of thiazole rings is 1. The summed E-state index contributed by atoms with van der Waals surface area (Å²) in [6.45, 7) is 2.26. The highest BCUT2D eigenvalue weighted by Gasteiger charge is 2.25. The molecule has 0 fully saturated rings. The zero-order valence-electron chi connectivity index (χ0n) is 31.1. The Balaban J connectivity index is 1.19. The summed E-state index contributed by atoms with van der Waals surface area (Å²) in [4.78, 5) is 12.2. The van der Waals surface area contributed by atoms with Crippen LogP contribution in [0.3, 0.4) is 0 Å². The van der Waals surface area contributed by atoms with Gasteiger partial charge in [0, 0.05) is 38.9 Å². The zero-order chi connectivity index (χ0) is 38.1. The largest absolute Gasteiger partial charge is 0.398 e. The van der Waals surface area contributed by atoms with Gasteiger partial charge in [0.25, 0.3) is 0 Å². The Morgan fingerprint density at radius 1 is 0.607 bits per heavy atom. The number of aromatic nitrogens is 1. The molecule has 0 aliphatic heterocycles. The molecular formula is C50H42N4S2. The molecule has 4 nitrogen and oxygen atoms in total. The number of benzene rings is 6. The molecule has 1 unspecified atom stereocenters. The molecule has 0 spiro atoms. The van der Waals surface area contributed by atoms with Crippen LogP contribution in [0.25, 0.3) is 26.6 Å². The zero-order valence-corrected chi connectivity index (χ0v) is 32.8. The normalized spacial score (nSPS) is 13.3. The van der Waals surface area contributed by atoms with Crippen molar-refractivity contribution in [3.8, 4) is 21.7 Å². The predicted octanol–water partition coefficient (Wildman–Crippen LogP) is 13.9. The van der Waals surface area contributed by atoms with E-state index in [9.17, 15) is 0 Å². The van der Waals surface area contributed by atoms with Crippen molar-refractivity contribution < 1.29 is 0 Å². The van der Waals surface area contributed by atoms with Gasteiger partial charge >= 0.3 is 0 Å². The lowest BCUT2D eigenvalue weighted by Gasteiger charge is -2.33. The molecule has 0 amide bonds. The second-order valence-electron chi connectivity index (χ2n) is 13.3. The van der Waals surface area contributed by atoms with Gasteiger partial charge < -0.3 is 10.6 Å². The van der Waals surface area contributed by atoms with Gasteiger partial charge in [0.1, 0.15) is 0 Å². The van der Waals surface area contributed by atoms with E-state index in [1.807, 2.05) is 6.07 Å². The maximum Gasteiger partial charge on any atom is 0.195 e. The summed E-state index contributed by atoms with van der Waals surface area (Å²) in [6, 6.07) is 61.5. The Kier molecular flexibility index (Phi) is 11.4. The fraction of sp³-hybridized carbons (Fsp3) is 0.0600. The molecule has 0 bridgehead atoms. The molecule has 1 aliphatic rings. The first-order valence-electron chi connectivity index (χ1n) is 18.8. The highest BCUT2D eigenvalue weighted by Crippen LogP contribution is 2.46. The third-order valence-electron chi connectivity index (χ3n) is 9.60. The van der Waals surface area contributed by atoms with Gasteiger partial charge in [0.05, 0.1) is 15.9 Å². The molecule has 6 heteroatoms. The number of thioether (sulfide) groups is 1. The van der Waals surface area contributed by atoms with Gasteiger partial charge in [-0.15, -0.1) is 0 Å². The monoisotopic (exact) mass is 762 g/mol. The number of nitrogens with zero attached hydrogens (tertiary/aromatic N) is 3. The van der Waals surface area contributed by atoms with Gasteiger partial charge in [-0.3, -0.25) is 4.90 Å². The van der Waals surface area contributed by atoms with Crippen LogP contribution in [-0.4, -0.2) is 10.4 Å². The van der Waals surface area contributed by atoms with Gasteiger partial charge in [0.2, 0.25) is 0 Å². The van der Waals surface area contributed by atoms with Crippen LogP contribution in [0.5, 0.6) is 0 Å². The van der Waals surface area contributed by atoms with Crippen LogP contribution < -0.4 is 15.5 Å². The molecule has 1 aliphatic carbocycles. The van der Waals surface area contributed by atoms with E-state index in [1.165, 1.54) is 0 Å². The summed E-state index contributed by atoms with van der Waals surface area (Å²) in [5, 5.41) is 0.886. The van der Waals surface area contributed by atoms with Crippen molar-refractivity contribution in [1.29, 1.82) is 0 Å². The van der Waals surface area contributed by atoms with Gasteiger partial charge in [-0.2, -0.15) is 0 Å². The maximum atomic E-state index is 7.06. The van der Waals surface area contributed by atoms with Crippen LogP contribution in [0.4, 0.5) is 27.9 Å². The van der Waals surface area contributed by atoms with Crippen molar-refractivity contribution in [2.24, 2.45) is 5.73 Å². The molecule has 7 aromatic rings. The number of hydrogen-bond acceptors (Lipinski definition) is 6. The second kappa shape index (κ2) is 17.4. The van der Waals surface area contributed by atoms with E-state index in [-0.39, 0.29) is 5.37 Å². The number of rotatable bonds is 12. The van der Waals surface area contributed by atoms with Crippen molar-refractivity contribution in [3.05, 3.63) is 223 Å². The van der Waals surface area contributed by atoms with E-state index in [0.717, 1.165) is 77.7 Å². The van der Waals surface area contributed by atoms with E-state index in [4.69, 9.17) is 10.7 Å². The van der Waals surface area contributed by atoms with Crippen LogP contribution in [0, 0.1) is 0 Å². The number of anilines is 5. The molecule has 2 N–H and O–H groups in total. The first kappa shape index (κ1) is 36.6. The van der Waals surface area contributed by atoms with Gasteiger partial charge in [-0.05, 0) is 78.6 Å². The predicted molar refractivity (Wildman–Crippen MR) is 242 cm³/mol. The summed E-state index contributed by atoms with van der Waals surface area (Å²) in [6.07, 6.45) is 11.3. The smallest absolute Gasteiger partial charge is 0.195 e. The molecule has 274 valence electrons. The van der Waals surface area contributed by atoms with E-state index >= 15 is 0 Å². The standard InChI is InChI=1S/C50H42N4S2/c1-37(55-48(40-25-13-5-14-26-40)46(51)38-21-9-2-3-10-22-38)53(42-29-17-7-18-30-42)44-33-35-45(36-34-44)54(43-31-19-8-20-32-43)50-52-47(39-23-11-4-12-24-39)49(56-50)41-27-15-6-16-28-41/h2-21,23-37H,22,51H2,1H3/b48-46-. The van der Waals surface area contributed by atoms with E-state index in [1.54, 1.807) is 23.1 Å². The molecule has 56 heavy (non-hydrogen) atoms. The first-order chi connectivity index (χ1) is 27.6. The van der Waals surface area contributed by atoms with E-state index < -0.39 is 0 Å². The topological polar surface area (TPSA) is 45.4 Å². The van der Waals surface area contributed by atoms with Crippen molar-refractivity contribution in [2.75, 3.05) is 9.80 Å². The Labute approximate surface area is 338 Å². The fourth-order valence-electron chi connectivity index (χ4n) is 6.87. The van der Waals surface area contributed by atoms with Crippen LogP contribution in [-0.2, 0) is 0 Å². The average Bonchev–Trinajstić information content (AvgIpc) is 3.51. The van der Waals surface area contributed by atoms with Crippen molar-refractivity contribution in [1.82, 2.24) is 4.98 Å². The van der Waals surface area contributed by atoms with Crippen LogP contribution in [0.15, 0.2) is 218 Å².